The summed E-state index contributed by atoms with van der Waals surface area (Å²) in [7, 11) is 0. The largest absolute Gasteiger partial charge is 0.330 e. The molecule has 0 amide bonds. The van der Waals surface area contributed by atoms with Gasteiger partial charge in [0.1, 0.15) is 5.82 Å². The average Bonchev–Trinajstić information content (AvgIpc) is 3.49. The van der Waals surface area contributed by atoms with Crippen LogP contribution >= 0.6 is 0 Å². The maximum Gasteiger partial charge on any atom is 0.207 e. The van der Waals surface area contributed by atoms with Gasteiger partial charge in [-0.1, -0.05) is 49.4 Å². The zero-order valence-corrected chi connectivity index (χ0v) is 18.4. The number of aryl methyl sites for hydroxylation is 2. The monoisotopic (exact) mass is 437 g/mol. The molecule has 3 heterocycles. The first-order chi connectivity index (χ1) is 16.1. The Labute approximate surface area is 190 Å². The van der Waals surface area contributed by atoms with Gasteiger partial charge in [0, 0.05) is 35.8 Å². The molecule has 5 rings (SSSR count). The van der Waals surface area contributed by atoms with Crippen LogP contribution in [0.15, 0.2) is 93.8 Å². The Kier molecular flexibility index (Phi) is 5.50. The van der Waals surface area contributed by atoms with Crippen LogP contribution in [-0.2, 0) is 13.0 Å². The molecule has 0 atom stereocenters. The average molecular weight is 438 g/mol. The first kappa shape index (κ1) is 20.7. The lowest BCUT2D eigenvalue weighted by molar-refractivity contribution is 0.0241. The summed E-state index contributed by atoms with van der Waals surface area (Å²) in [6.45, 7) is 4.81. The number of hydroxylamine groups is 2. The SMILES string of the molecule is CCc1nc(C)cn1Cc1ccc(=c2ccccc2=C2N=NN=N2)c(=C2C=CC=CN2O)c1. The molecule has 0 aliphatic carbocycles. The second-order valence-corrected chi connectivity index (χ2v) is 7.84. The van der Waals surface area contributed by atoms with Crippen LogP contribution in [-0.4, -0.2) is 19.8 Å². The molecule has 0 bridgehead atoms. The minimum absolute atomic E-state index is 0.465. The molecule has 0 fully saturated rings. The summed E-state index contributed by atoms with van der Waals surface area (Å²) in [5, 5.41) is 30.8. The van der Waals surface area contributed by atoms with Gasteiger partial charge in [0.2, 0.25) is 5.82 Å². The van der Waals surface area contributed by atoms with E-state index in [4.69, 9.17) is 0 Å². The minimum Gasteiger partial charge on any atom is -0.330 e. The fraction of sp³-hybridized carbons (Fsp3) is 0.160. The molecule has 0 saturated carbocycles. The standard InChI is InChI=1S/C25H23N7O/c1-3-24-26-17(2)15-31(24)16-18-11-12-20(22(14-18)23-10-6-7-13-32(23)33)19-8-4-5-9-21(19)25-27-29-30-28-25/h4-15,33H,3,16H2,1-2H3. The van der Waals surface area contributed by atoms with Gasteiger partial charge < -0.3 is 4.57 Å². The highest BCUT2D eigenvalue weighted by atomic mass is 16.5. The van der Waals surface area contributed by atoms with Crippen LogP contribution in [0.2, 0.25) is 0 Å². The summed E-state index contributed by atoms with van der Waals surface area (Å²) in [5.41, 5.74) is 2.79. The van der Waals surface area contributed by atoms with E-state index in [0.717, 1.165) is 49.4 Å². The fourth-order valence-electron chi connectivity index (χ4n) is 4.16. The first-order valence-electron chi connectivity index (χ1n) is 10.8. The number of hydrogen-bond acceptors (Lipinski definition) is 7. The van der Waals surface area contributed by atoms with Crippen molar-refractivity contribution in [1.29, 1.82) is 0 Å². The number of imidazole rings is 1. The second kappa shape index (κ2) is 8.76. The number of benzene rings is 2. The smallest absolute Gasteiger partial charge is 0.207 e. The molecule has 0 unspecified atom stereocenters. The Morgan fingerprint density at radius 1 is 0.909 bits per heavy atom. The van der Waals surface area contributed by atoms with Gasteiger partial charge in [0.05, 0.1) is 11.4 Å². The number of hydrogen-bond donors (Lipinski definition) is 1. The Balaban J connectivity index is 1.83. The zero-order chi connectivity index (χ0) is 22.8. The Morgan fingerprint density at radius 3 is 2.42 bits per heavy atom. The van der Waals surface area contributed by atoms with E-state index in [0.29, 0.717) is 18.1 Å². The number of rotatable bonds is 3. The van der Waals surface area contributed by atoms with Gasteiger partial charge in [0.15, 0.2) is 0 Å². The van der Waals surface area contributed by atoms with E-state index < -0.39 is 0 Å². The van der Waals surface area contributed by atoms with E-state index >= 15 is 0 Å². The van der Waals surface area contributed by atoms with Gasteiger partial charge in [-0.05, 0) is 51.6 Å². The van der Waals surface area contributed by atoms with Crippen LogP contribution in [0.1, 0.15) is 24.0 Å². The molecule has 2 aliphatic heterocycles. The zero-order valence-electron chi connectivity index (χ0n) is 18.4. The Morgan fingerprint density at radius 2 is 1.67 bits per heavy atom. The highest BCUT2D eigenvalue weighted by molar-refractivity contribution is 5.58. The van der Waals surface area contributed by atoms with E-state index in [2.05, 4.69) is 61.5 Å². The molecule has 33 heavy (non-hydrogen) atoms. The molecule has 0 saturated heterocycles. The number of aromatic nitrogens is 2. The highest BCUT2D eigenvalue weighted by Gasteiger charge is 2.10. The summed E-state index contributed by atoms with van der Waals surface area (Å²) in [5.74, 6) is 1.51. The summed E-state index contributed by atoms with van der Waals surface area (Å²) in [6.07, 6.45) is 10.2. The van der Waals surface area contributed by atoms with Crippen LogP contribution in [0.25, 0.3) is 11.5 Å². The van der Waals surface area contributed by atoms with Crippen LogP contribution in [0.5, 0.6) is 0 Å². The third kappa shape index (κ3) is 4.04. The predicted octanol–water partition coefficient (Wildman–Crippen LogP) is 3.87. The highest BCUT2D eigenvalue weighted by Crippen LogP contribution is 2.13. The van der Waals surface area contributed by atoms with Crippen molar-refractivity contribution < 1.29 is 5.21 Å². The lowest BCUT2D eigenvalue weighted by atomic mass is 10.1. The van der Waals surface area contributed by atoms with Crippen molar-refractivity contribution >= 4 is 11.5 Å². The molecule has 8 heteroatoms. The summed E-state index contributed by atoms with van der Waals surface area (Å²) in [4.78, 5) is 4.62. The summed E-state index contributed by atoms with van der Waals surface area (Å²) < 4.78 is 2.18. The summed E-state index contributed by atoms with van der Waals surface area (Å²) >= 11 is 0. The molecular formula is C25H23N7O. The van der Waals surface area contributed by atoms with E-state index in [1.807, 2.05) is 43.3 Å². The van der Waals surface area contributed by atoms with Crippen molar-refractivity contribution in [1.82, 2.24) is 14.6 Å². The van der Waals surface area contributed by atoms with Crippen LogP contribution in [0, 0.1) is 17.4 Å². The van der Waals surface area contributed by atoms with Crippen LogP contribution in [0.4, 0.5) is 0 Å². The molecule has 0 spiro atoms. The molecular weight excluding hydrogens is 414 g/mol. The van der Waals surface area contributed by atoms with Crippen molar-refractivity contribution in [2.75, 3.05) is 0 Å². The van der Waals surface area contributed by atoms with Crippen molar-refractivity contribution in [3.8, 4) is 0 Å². The molecule has 164 valence electrons. The second-order valence-electron chi connectivity index (χ2n) is 7.84. The quantitative estimate of drug-likeness (QED) is 0.674. The Hall–Kier alpha value is -4.17. The maximum absolute atomic E-state index is 10.6. The van der Waals surface area contributed by atoms with Gasteiger partial charge in [-0.3, -0.25) is 5.21 Å². The van der Waals surface area contributed by atoms with E-state index in [-0.39, 0.29) is 0 Å². The van der Waals surface area contributed by atoms with Crippen molar-refractivity contribution in [3.05, 3.63) is 111 Å². The lowest BCUT2D eigenvalue weighted by Crippen LogP contribution is -2.22. The molecule has 1 N–H and O–H groups in total. The molecule has 0 radical (unpaired) electrons. The van der Waals surface area contributed by atoms with Crippen LogP contribution < -0.4 is 10.4 Å². The van der Waals surface area contributed by atoms with Gasteiger partial charge in [0.25, 0.3) is 0 Å². The number of allylic oxidation sites excluding steroid dienone is 2. The minimum atomic E-state index is 0.465. The van der Waals surface area contributed by atoms with Gasteiger partial charge in [-0.15, -0.1) is 10.2 Å². The van der Waals surface area contributed by atoms with Crippen LogP contribution in [0.3, 0.4) is 0 Å². The van der Waals surface area contributed by atoms with Crippen molar-refractivity contribution in [2.45, 2.75) is 26.8 Å². The third-order valence-electron chi connectivity index (χ3n) is 5.63. The molecule has 8 nitrogen and oxygen atoms in total. The molecule has 2 aliphatic rings. The third-order valence-corrected chi connectivity index (χ3v) is 5.63. The Bertz CT molecular complexity index is 1550. The topological polar surface area (TPSA) is 90.7 Å². The van der Waals surface area contributed by atoms with Gasteiger partial charge >= 0.3 is 0 Å². The lowest BCUT2D eigenvalue weighted by Gasteiger charge is -2.16. The fourth-order valence-corrected chi connectivity index (χ4v) is 4.16. The van der Waals surface area contributed by atoms with E-state index in [1.54, 1.807) is 12.3 Å². The summed E-state index contributed by atoms with van der Waals surface area (Å²) in [6, 6.07) is 14.2. The first-order valence-corrected chi connectivity index (χ1v) is 10.8. The van der Waals surface area contributed by atoms with Crippen molar-refractivity contribution in [3.63, 3.8) is 0 Å². The van der Waals surface area contributed by atoms with Gasteiger partial charge in [-0.2, -0.15) is 0 Å². The molecule has 3 aromatic rings. The van der Waals surface area contributed by atoms with Crippen molar-refractivity contribution in [2.24, 2.45) is 20.7 Å². The molecule has 1 aromatic heterocycles. The molecule has 2 aromatic carbocycles. The predicted molar refractivity (Wildman–Crippen MR) is 124 cm³/mol. The van der Waals surface area contributed by atoms with E-state index in [1.165, 1.54) is 0 Å². The normalized spacial score (nSPS) is 17.4. The van der Waals surface area contributed by atoms with E-state index in [9.17, 15) is 5.21 Å². The van der Waals surface area contributed by atoms with Gasteiger partial charge in [-0.25, -0.2) is 10.0 Å². The maximum atomic E-state index is 10.6. The number of nitrogens with zero attached hydrogens (tertiary/aromatic N) is 7.